The van der Waals surface area contributed by atoms with E-state index in [4.69, 9.17) is 34.8 Å². The Kier molecular flexibility index (Phi) is 4.37. The van der Waals surface area contributed by atoms with Crippen LogP contribution in [0, 0.1) is 0 Å². The summed E-state index contributed by atoms with van der Waals surface area (Å²) in [6.07, 6.45) is 1.65. The van der Waals surface area contributed by atoms with E-state index in [0.29, 0.717) is 11.8 Å². The monoisotopic (exact) mass is 268 g/mol. The Morgan fingerprint density at radius 2 is 1.87 bits per heavy atom. The van der Waals surface area contributed by atoms with Crippen molar-refractivity contribution in [1.29, 1.82) is 0 Å². The molecule has 0 unspecified atom stereocenters. The van der Waals surface area contributed by atoms with E-state index in [1.54, 1.807) is 7.05 Å². The zero-order valence-corrected chi connectivity index (χ0v) is 10.7. The topological polar surface area (TPSA) is 50.7 Å². The number of rotatable bonds is 3. The van der Waals surface area contributed by atoms with Gasteiger partial charge in [0, 0.05) is 13.5 Å². The van der Waals surface area contributed by atoms with Gasteiger partial charge in [-0.05, 0) is 6.42 Å². The molecule has 0 amide bonds. The molecule has 15 heavy (non-hydrogen) atoms. The minimum Gasteiger partial charge on any atom is -0.357 e. The lowest BCUT2D eigenvalue weighted by Gasteiger charge is -2.11. The Morgan fingerprint density at radius 1 is 1.20 bits per heavy atom. The summed E-state index contributed by atoms with van der Waals surface area (Å²) in [5.41, 5.74) is 0. The third kappa shape index (κ3) is 3.63. The molecule has 4 nitrogen and oxygen atoms in total. The molecule has 1 N–H and O–H groups in total. The molecule has 1 aromatic rings. The van der Waals surface area contributed by atoms with Crippen LogP contribution < -0.4 is 5.32 Å². The van der Waals surface area contributed by atoms with E-state index >= 15 is 0 Å². The summed E-state index contributed by atoms with van der Waals surface area (Å²) < 4.78 is -1.61. The highest BCUT2D eigenvalue weighted by atomic mass is 35.6. The highest BCUT2D eigenvalue weighted by Gasteiger charge is 2.27. The number of anilines is 1. The molecule has 0 atom stereocenters. The van der Waals surface area contributed by atoms with Gasteiger partial charge in [-0.15, -0.1) is 0 Å². The lowest BCUT2D eigenvalue weighted by Crippen LogP contribution is -2.13. The van der Waals surface area contributed by atoms with Crippen molar-refractivity contribution in [2.75, 3.05) is 12.4 Å². The fraction of sp³-hybridized carbons (Fsp3) is 0.625. The van der Waals surface area contributed by atoms with E-state index in [2.05, 4.69) is 20.3 Å². The Morgan fingerprint density at radius 3 is 2.33 bits per heavy atom. The van der Waals surface area contributed by atoms with Crippen LogP contribution in [0.1, 0.15) is 25.0 Å². The molecule has 0 aromatic carbocycles. The van der Waals surface area contributed by atoms with Crippen molar-refractivity contribution in [3.63, 3.8) is 0 Å². The fourth-order valence-electron chi connectivity index (χ4n) is 0.994. The minimum atomic E-state index is -1.61. The Balaban J connectivity index is 3.11. The Bertz CT molecular complexity index is 337. The third-order valence-electron chi connectivity index (χ3n) is 1.63. The van der Waals surface area contributed by atoms with Crippen LogP contribution in [0.2, 0.25) is 0 Å². The summed E-state index contributed by atoms with van der Waals surface area (Å²) in [5, 5.41) is 2.80. The van der Waals surface area contributed by atoms with E-state index in [0.717, 1.165) is 12.8 Å². The summed E-state index contributed by atoms with van der Waals surface area (Å²) in [6, 6.07) is 0. The first-order valence-corrected chi connectivity index (χ1v) is 5.60. The predicted molar refractivity (Wildman–Crippen MR) is 62.6 cm³/mol. The first-order valence-electron chi connectivity index (χ1n) is 4.47. The normalized spacial score (nSPS) is 11.5. The molecule has 0 spiro atoms. The van der Waals surface area contributed by atoms with Crippen LogP contribution >= 0.6 is 34.8 Å². The number of nitrogens with zero attached hydrogens (tertiary/aromatic N) is 3. The quantitative estimate of drug-likeness (QED) is 0.857. The molecule has 1 heterocycles. The van der Waals surface area contributed by atoms with Crippen LogP contribution in [0.3, 0.4) is 0 Å². The maximum atomic E-state index is 5.71. The SMILES string of the molecule is CCCc1nc(NC)nc(C(Cl)(Cl)Cl)n1. The van der Waals surface area contributed by atoms with Crippen LogP contribution in [0.15, 0.2) is 0 Å². The average molecular weight is 270 g/mol. The molecular formula is C8H11Cl3N4. The van der Waals surface area contributed by atoms with Gasteiger partial charge in [0.1, 0.15) is 5.82 Å². The van der Waals surface area contributed by atoms with Crippen molar-refractivity contribution in [3.05, 3.63) is 11.6 Å². The average Bonchev–Trinajstić information content (AvgIpc) is 2.16. The smallest absolute Gasteiger partial charge is 0.250 e. The van der Waals surface area contributed by atoms with Gasteiger partial charge in [-0.1, -0.05) is 41.7 Å². The van der Waals surface area contributed by atoms with E-state index in [1.807, 2.05) is 6.92 Å². The summed E-state index contributed by atoms with van der Waals surface area (Å²) in [7, 11) is 1.70. The van der Waals surface area contributed by atoms with Crippen LogP contribution in [0.4, 0.5) is 5.95 Å². The van der Waals surface area contributed by atoms with Crippen molar-refractivity contribution in [1.82, 2.24) is 15.0 Å². The van der Waals surface area contributed by atoms with Gasteiger partial charge in [0.25, 0.3) is 0 Å². The van der Waals surface area contributed by atoms with Crippen molar-refractivity contribution in [3.8, 4) is 0 Å². The highest BCUT2D eigenvalue weighted by molar-refractivity contribution is 6.66. The van der Waals surface area contributed by atoms with Crippen LogP contribution in [0.5, 0.6) is 0 Å². The predicted octanol–water partition coefficient (Wildman–Crippen LogP) is 2.69. The zero-order chi connectivity index (χ0) is 11.5. The Labute approximate surface area is 103 Å². The molecule has 1 aromatic heterocycles. The van der Waals surface area contributed by atoms with E-state index < -0.39 is 3.79 Å². The second-order valence-electron chi connectivity index (χ2n) is 2.90. The second-order valence-corrected chi connectivity index (χ2v) is 5.18. The number of alkyl halides is 3. The zero-order valence-electron chi connectivity index (χ0n) is 8.39. The van der Waals surface area contributed by atoms with E-state index in [1.165, 1.54) is 0 Å². The molecule has 0 saturated carbocycles. The highest BCUT2D eigenvalue weighted by Crippen LogP contribution is 2.35. The second kappa shape index (κ2) is 5.14. The number of halogens is 3. The maximum absolute atomic E-state index is 5.71. The number of aryl methyl sites for hydroxylation is 1. The van der Waals surface area contributed by atoms with Gasteiger partial charge < -0.3 is 5.32 Å². The fourth-order valence-corrected chi connectivity index (χ4v) is 1.25. The lowest BCUT2D eigenvalue weighted by atomic mass is 10.3. The molecule has 84 valence electrons. The number of nitrogens with one attached hydrogen (secondary N) is 1. The van der Waals surface area contributed by atoms with Gasteiger partial charge >= 0.3 is 0 Å². The Hall–Kier alpha value is -0.320. The third-order valence-corrected chi connectivity index (χ3v) is 2.14. The van der Waals surface area contributed by atoms with Gasteiger partial charge in [-0.25, -0.2) is 4.98 Å². The van der Waals surface area contributed by atoms with E-state index in [9.17, 15) is 0 Å². The molecule has 0 radical (unpaired) electrons. The molecule has 0 aliphatic heterocycles. The van der Waals surface area contributed by atoms with Crippen molar-refractivity contribution in [2.45, 2.75) is 23.6 Å². The largest absolute Gasteiger partial charge is 0.357 e. The minimum absolute atomic E-state index is 0.148. The van der Waals surface area contributed by atoms with Crippen molar-refractivity contribution < 1.29 is 0 Å². The lowest BCUT2D eigenvalue weighted by molar-refractivity contribution is 0.788. The van der Waals surface area contributed by atoms with E-state index in [-0.39, 0.29) is 5.82 Å². The van der Waals surface area contributed by atoms with Gasteiger partial charge in [-0.2, -0.15) is 9.97 Å². The first-order chi connectivity index (χ1) is 6.97. The van der Waals surface area contributed by atoms with Crippen LogP contribution in [-0.4, -0.2) is 22.0 Å². The molecule has 0 bridgehead atoms. The molecule has 0 aliphatic rings. The van der Waals surface area contributed by atoms with Crippen molar-refractivity contribution in [2.24, 2.45) is 0 Å². The molecule has 0 saturated heterocycles. The van der Waals surface area contributed by atoms with Crippen molar-refractivity contribution >= 4 is 40.8 Å². The molecule has 7 heteroatoms. The van der Waals surface area contributed by atoms with Gasteiger partial charge in [0.05, 0.1) is 0 Å². The standard InChI is InChI=1S/C8H11Cl3N4/c1-3-4-5-13-6(8(9,10)11)15-7(12-2)14-5/h3-4H2,1-2H3,(H,12,13,14,15). The van der Waals surface area contributed by atoms with Gasteiger partial charge in [0.15, 0.2) is 5.82 Å². The molecule has 0 fully saturated rings. The molecule has 0 aliphatic carbocycles. The van der Waals surface area contributed by atoms with Gasteiger partial charge in [-0.3, -0.25) is 0 Å². The number of aromatic nitrogens is 3. The summed E-state index contributed by atoms with van der Waals surface area (Å²) in [5.74, 6) is 1.18. The van der Waals surface area contributed by atoms with Gasteiger partial charge in [0.2, 0.25) is 9.74 Å². The van der Waals surface area contributed by atoms with Crippen LogP contribution in [0.25, 0.3) is 0 Å². The molecule has 1 rings (SSSR count). The summed E-state index contributed by atoms with van der Waals surface area (Å²) >= 11 is 17.1. The van der Waals surface area contributed by atoms with Crippen LogP contribution in [-0.2, 0) is 10.2 Å². The summed E-state index contributed by atoms with van der Waals surface area (Å²) in [6.45, 7) is 2.03. The first kappa shape index (κ1) is 12.7. The number of hydrogen-bond donors (Lipinski definition) is 1. The maximum Gasteiger partial charge on any atom is 0.250 e. The molecular weight excluding hydrogens is 258 g/mol. The summed E-state index contributed by atoms with van der Waals surface area (Å²) in [4.78, 5) is 12.2. The number of hydrogen-bond acceptors (Lipinski definition) is 4.